The quantitative estimate of drug-likeness (QED) is 0.628. The van der Waals surface area contributed by atoms with Crippen molar-refractivity contribution >= 4 is 45.5 Å². The maximum absolute atomic E-state index is 12.4. The average Bonchev–Trinajstić information content (AvgIpc) is 3.21. The number of amides is 1. The molecule has 1 amide bonds. The Balaban J connectivity index is 1.70. The van der Waals surface area contributed by atoms with Crippen LogP contribution in [0.4, 0.5) is 5.69 Å². The van der Waals surface area contributed by atoms with E-state index >= 15 is 0 Å². The third-order valence-electron chi connectivity index (χ3n) is 3.72. The highest BCUT2D eigenvalue weighted by Crippen LogP contribution is 2.30. The second-order valence-electron chi connectivity index (χ2n) is 5.41. The van der Waals surface area contributed by atoms with Gasteiger partial charge in [-0.1, -0.05) is 11.6 Å². The fourth-order valence-electron chi connectivity index (χ4n) is 2.37. The van der Waals surface area contributed by atoms with Crippen molar-refractivity contribution in [2.45, 2.75) is 13.0 Å². The molecule has 1 N–H and O–H groups in total. The molecule has 8 nitrogen and oxygen atoms in total. The maximum Gasteiger partial charge on any atom is 0.359 e. The monoisotopic (exact) mass is 409 g/mol. The number of benzene rings is 1. The molecule has 1 atom stereocenters. The van der Waals surface area contributed by atoms with E-state index in [0.717, 1.165) is 0 Å². The zero-order chi connectivity index (χ0) is 19.6. The van der Waals surface area contributed by atoms with Crippen LogP contribution in [0.5, 0.6) is 11.5 Å². The minimum atomic E-state index is -1.05. The van der Waals surface area contributed by atoms with E-state index in [0.29, 0.717) is 22.1 Å². The van der Waals surface area contributed by atoms with Crippen LogP contribution in [0, 0.1) is 0 Å². The van der Waals surface area contributed by atoms with Gasteiger partial charge in [0.15, 0.2) is 33.4 Å². The predicted molar refractivity (Wildman–Crippen MR) is 101 cm³/mol. The molecule has 0 fully saturated rings. The van der Waals surface area contributed by atoms with Gasteiger partial charge in [0.1, 0.15) is 0 Å². The topological polar surface area (TPSA) is 91.2 Å². The fourth-order valence-corrected chi connectivity index (χ4v) is 3.38. The van der Waals surface area contributed by atoms with Crippen LogP contribution in [-0.4, -0.2) is 41.6 Å². The summed E-state index contributed by atoms with van der Waals surface area (Å²) in [5.41, 5.74) is 0.557. The first kappa shape index (κ1) is 19.0. The molecule has 0 aliphatic heterocycles. The van der Waals surface area contributed by atoms with Crippen LogP contribution in [0.1, 0.15) is 17.4 Å². The zero-order valence-corrected chi connectivity index (χ0v) is 16.3. The highest BCUT2D eigenvalue weighted by Gasteiger charge is 2.25. The number of hydrogen-bond acceptors (Lipinski definition) is 7. The van der Waals surface area contributed by atoms with E-state index in [2.05, 4.69) is 10.3 Å². The van der Waals surface area contributed by atoms with Crippen LogP contribution in [0.25, 0.3) is 4.96 Å². The van der Waals surface area contributed by atoms with Gasteiger partial charge in [0, 0.05) is 23.3 Å². The molecular formula is C17H16ClN3O5S. The molecule has 0 saturated heterocycles. The Kier molecular flexibility index (Phi) is 5.52. The number of aromatic nitrogens is 2. The molecule has 0 aliphatic carbocycles. The van der Waals surface area contributed by atoms with Crippen molar-refractivity contribution in [1.29, 1.82) is 0 Å². The van der Waals surface area contributed by atoms with E-state index in [1.165, 1.54) is 36.9 Å². The van der Waals surface area contributed by atoms with Crippen molar-refractivity contribution in [3.63, 3.8) is 0 Å². The van der Waals surface area contributed by atoms with Gasteiger partial charge in [-0.25, -0.2) is 9.78 Å². The number of nitrogens with zero attached hydrogens (tertiary/aromatic N) is 2. The minimum absolute atomic E-state index is 0.0272. The largest absolute Gasteiger partial charge is 0.493 e. The molecule has 0 bridgehead atoms. The van der Waals surface area contributed by atoms with E-state index in [4.69, 9.17) is 25.8 Å². The number of carbonyl (C=O) groups excluding carboxylic acids is 2. The standard InChI is InChI=1S/C17H16ClN3O5S/c1-9(15(22)19-10-4-5-11(24-2)12(8-10)25-3)26-16(23)13-14(18)20-17-21(13)6-7-27-17/h4-9H,1-3H3,(H,19,22)/t9-/m1/s1. The highest BCUT2D eigenvalue weighted by molar-refractivity contribution is 7.15. The summed E-state index contributed by atoms with van der Waals surface area (Å²) in [6, 6.07) is 4.91. The van der Waals surface area contributed by atoms with Gasteiger partial charge >= 0.3 is 5.97 Å². The second kappa shape index (κ2) is 7.85. The van der Waals surface area contributed by atoms with Gasteiger partial charge in [-0.05, 0) is 19.1 Å². The van der Waals surface area contributed by atoms with Gasteiger partial charge in [0.05, 0.1) is 14.2 Å². The molecule has 142 valence electrons. The number of fused-ring (bicyclic) bond motifs is 1. The molecule has 2 aromatic heterocycles. The van der Waals surface area contributed by atoms with Crippen LogP contribution in [0.2, 0.25) is 5.15 Å². The lowest BCUT2D eigenvalue weighted by molar-refractivity contribution is -0.123. The van der Waals surface area contributed by atoms with Gasteiger partial charge in [-0.15, -0.1) is 11.3 Å². The Morgan fingerprint density at radius 1 is 1.26 bits per heavy atom. The molecule has 0 aliphatic rings. The first-order chi connectivity index (χ1) is 12.9. The normalized spacial score (nSPS) is 11.9. The molecule has 1 aromatic carbocycles. The average molecular weight is 410 g/mol. The van der Waals surface area contributed by atoms with Gasteiger partial charge in [0.2, 0.25) is 0 Å². The Labute approximate surface area is 163 Å². The number of nitrogens with one attached hydrogen (secondary N) is 1. The lowest BCUT2D eigenvalue weighted by Gasteiger charge is -2.14. The maximum atomic E-state index is 12.4. The van der Waals surface area contributed by atoms with Gasteiger partial charge in [-0.2, -0.15) is 0 Å². The fraction of sp³-hybridized carbons (Fsp3) is 0.235. The number of carbonyl (C=O) groups is 2. The molecule has 0 spiro atoms. The number of methoxy groups -OCH3 is 2. The SMILES string of the molecule is COc1ccc(NC(=O)[C@@H](C)OC(=O)c2c(Cl)nc3sccn23)cc1OC. The third kappa shape index (κ3) is 3.83. The van der Waals surface area contributed by atoms with Gasteiger partial charge < -0.3 is 19.5 Å². The number of imidazole rings is 1. The van der Waals surface area contributed by atoms with Crippen LogP contribution in [0.15, 0.2) is 29.8 Å². The second-order valence-corrected chi connectivity index (χ2v) is 6.64. The van der Waals surface area contributed by atoms with Crippen LogP contribution >= 0.6 is 22.9 Å². The highest BCUT2D eigenvalue weighted by atomic mass is 35.5. The molecule has 2 heterocycles. The van der Waals surface area contributed by atoms with Gasteiger partial charge in [-0.3, -0.25) is 9.20 Å². The summed E-state index contributed by atoms with van der Waals surface area (Å²) in [5, 5.41) is 4.45. The third-order valence-corrected chi connectivity index (χ3v) is 4.74. The smallest absolute Gasteiger partial charge is 0.359 e. The zero-order valence-electron chi connectivity index (χ0n) is 14.7. The number of halogens is 1. The van der Waals surface area contributed by atoms with Crippen molar-refractivity contribution in [1.82, 2.24) is 9.38 Å². The Hall–Kier alpha value is -2.78. The lowest BCUT2D eigenvalue weighted by atomic mass is 10.2. The number of rotatable bonds is 6. The molecule has 0 unspecified atom stereocenters. The first-order valence-electron chi connectivity index (χ1n) is 7.79. The number of hydrogen-bond donors (Lipinski definition) is 1. The van der Waals surface area contributed by atoms with Gasteiger partial charge in [0.25, 0.3) is 5.91 Å². The number of anilines is 1. The molecular weight excluding hydrogens is 394 g/mol. The minimum Gasteiger partial charge on any atom is -0.493 e. The number of ether oxygens (including phenoxy) is 3. The van der Waals surface area contributed by atoms with E-state index < -0.39 is 18.0 Å². The summed E-state index contributed by atoms with van der Waals surface area (Å²) in [6.45, 7) is 1.47. The summed E-state index contributed by atoms with van der Waals surface area (Å²) in [4.78, 5) is 29.4. The molecule has 0 radical (unpaired) electrons. The molecule has 3 rings (SSSR count). The van der Waals surface area contributed by atoms with Crippen molar-refractivity contribution in [2.75, 3.05) is 19.5 Å². The molecule has 27 heavy (non-hydrogen) atoms. The summed E-state index contributed by atoms with van der Waals surface area (Å²) in [7, 11) is 3.01. The summed E-state index contributed by atoms with van der Waals surface area (Å²) in [5.74, 6) is -0.241. The van der Waals surface area contributed by atoms with E-state index in [1.807, 2.05) is 0 Å². The summed E-state index contributed by atoms with van der Waals surface area (Å²) < 4.78 is 17.1. The van der Waals surface area contributed by atoms with Crippen LogP contribution < -0.4 is 14.8 Å². The van der Waals surface area contributed by atoms with E-state index in [1.54, 1.807) is 29.8 Å². The summed E-state index contributed by atoms with van der Waals surface area (Å²) >= 11 is 7.34. The Bertz CT molecular complexity index is 1000. The van der Waals surface area contributed by atoms with Crippen LogP contribution in [0.3, 0.4) is 0 Å². The predicted octanol–water partition coefficient (Wildman–Crippen LogP) is 3.25. The lowest BCUT2D eigenvalue weighted by Crippen LogP contribution is -2.30. The van der Waals surface area contributed by atoms with Crippen molar-refractivity contribution in [3.8, 4) is 11.5 Å². The first-order valence-corrected chi connectivity index (χ1v) is 9.05. The summed E-state index contributed by atoms with van der Waals surface area (Å²) in [6.07, 6.45) is 0.606. The number of esters is 1. The van der Waals surface area contributed by atoms with Crippen molar-refractivity contribution < 1.29 is 23.8 Å². The van der Waals surface area contributed by atoms with Crippen LogP contribution in [-0.2, 0) is 9.53 Å². The van der Waals surface area contributed by atoms with E-state index in [-0.39, 0.29) is 10.8 Å². The van der Waals surface area contributed by atoms with Crippen molar-refractivity contribution in [2.24, 2.45) is 0 Å². The Morgan fingerprint density at radius 2 is 2.00 bits per heavy atom. The van der Waals surface area contributed by atoms with Crippen molar-refractivity contribution in [3.05, 3.63) is 40.6 Å². The molecule has 0 saturated carbocycles. The Morgan fingerprint density at radius 3 is 2.70 bits per heavy atom. The van der Waals surface area contributed by atoms with E-state index in [9.17, 15) is 9.59 Å². The molecule has 3 aromatic rings. The molecule has 10 heteroatoms. The number of thiazole rings is 1.